The van der Waals surface area contributed by atoms with Crippen LogP contribution in [0.25, 0.3) is 44.5 Å². The maximum atomic E-state index is 2.37. The Labute approximate surface area is 236 Å². The van der Waals surface area contributed by atoms with Crippen molar-refractivity contribution in [2.24, 2.45) is 0 Å². The minimum absolute atomic E-state index is 1.02. The van der Waals surface area contributed by atoms with E-state index in [-0.39, 0.29) is 0 Å². The minimum atomic E-state index is 1.02. The third-order valence-corrected chi connectivity index (χ3v) is 8.76. The lowest BCUT2D eigenvalue weighted by atomic mass is 9.98. The number of hydrogen-bond acceptors (Lipinski definition) is 1. The van der Waals surface area contributed by atoms with E-state index in [0.717, 1.165) is 12.8 Å². The van der Waals surface area contributed by atoms with Crippen molar-refractivity contribution in [1.29, 1.82) is 0 Å². The predicted molar refractivity (Wildman–Crippen MR) is 168 cm³/mol. The molecule has 190 valence electrons. The van der Waals surface area contributed by atoms with Gasteiger partial charge in [-0.25, -0.2) is 0 Å². The van der Waals surface area contributed by atoms with Crippen molar-refractivity contribution in [2.45, 2.75) is 12.8 Å². The topological polar surface area (TPSA) is 3.24 Å². The van der Waals surface area contributed by atoms with E-state index in [1.807, 2.05) is 0 Å². The molecular formula is C39H29N. The Balaban J connectivity index is 1.00. The van der Waals surface area contributed by atoms with Crippen LogP contribution in [0.4, 0.5) is 11.4 Å². The number of benzene rings is 6. The van der Waals surface area contributed by atoms with E-state index in [1.165, 1.54) is 78.1 Å². The van der Waals surface area contributed by atoms with Crippen molar-refractivity contribution in [1.82, 2.24) is 0 Å². The van der Waals surface area contributed by atoms with Crippen LogP contribution in [-0.2, 0) is 12.8 Å². The zero-order valence-corrected chi connectivity index (χ0v) is 22.6. The predicted octanol–water partition coefficient (Wildman–Crippen LogP) is 9.93. The average molecular weight is 512 g/mol. The van der Waals surface area contributed by atoms with Crippen LogP contribution in [0, 0.1) is 0 Å². The molecule has 2 aliphatic carbocycles. The number of rotatable bonds is 4. The first-order valence-electron chi connectivity index (χ1n) is 14.1. The van der Waals surface area contributed by atoms with Crippen molar-refractivity contribution in [2.75, 3.05) is 11.9 Å². The molecule has 0 bridgehead atoms. The Kier molecular flexibility index (Phi) is 5.24. The van der Waals surface area contributed by atoms with Crippen molar-refractivity contribution < 1.29 is 0 Å². The van der Waals surface area contributed by atoms with Crippen LogP contribution in [0.2, 0.25) is 0 Å². The van der Waals surface area contributed by atoms with Crippen molar-refractivity contribution in [3.05, 3.63) is 156 Å². The van der Waals surface area contributed by atoms with Gasteiger partial charge in [0.05, 0.1) is 0 Å². The van der Waals surface area contributed by atoms with Crippen molar-refractivity contribution >= 4 is 11.4 Å². The van der Waals surface area contributed by atoms with Gasteiger partial charge in [-0.2, -0.15) is 0 Å². The molecular weight excluding hydrogens is 482 g/mol. The lowest BCUT2D eigenvalue weighted by molar-refractivity contribution is 1.21. The van der Waals surface area contributed by atoms with Crippen LogP contribution in [0.1, 0.15) is 22.3 Å². The van der Waals surface area contributed by atoms with Gasteiger partial charge in [0.25, 0.3) is 0 Å². The largest absolute Gasteiger partial charge is 0.345 e. The van der Waals surface area contributed by atoms with Crippen LogP contribution in [0.15, 0.2) is 133 Å². The van der Waals surface area contributed by atoms with Crippen LogP contribution < -0.4 is 4.90 Å². The number of nitrogens with zero attached hydrogens (tertiary/aromatic N) is 1. The monoisotopic (exact) mass is 511 g/mol. The van der Waals surface area contributed by atoms with Crippen LogP contribution in [0.3, 0.4) is 0 Å². The third kappa shape index (κ3) is 3.78. The lowest BCUT2D eigenvalue weighted by Gasteiger charge is -2.20. The Morgan fingerprint density at radius 1 is 0.375 bits per heavy atom. The normalized spacial score (nSPS) is 12.4. The van der Waals surface area contributed by atoms with Gasteiger partial charge < -0.3 is 4.90 Å². The molecule has 1 heteroatoms. The third-order valence-electron chi connectivity index (χ3n) is 8.76. The van der Waals surface area contributed by atoms with E-state index in [4.69, 9.17) is 0 Å². The van der Waals surface area contributed by atoms with Gasteiger partial charge >= 0.3 is 0 Å². The van der Waals surface area contributed by atoms with Crippen molar-refractivity contribution in [3.63, 3.8) is 0 Å². The summed E-state index contributed by atoms with van der Waals surface area (Å²) in [7, 11) is 2.14. The highest BCUT2D eigenvalue weighted by molar-refractivity contribution is 5.82. The first-order chi connectivity index (χ1) is 19.7. The summed E-state index contributed by atoms with van der Waals surface area (Å²) in [5, 5.41) is 0. The van der Waals surface area contributed by atoms with Gasteiger partial charge in [-0.3, -0.25) is 0 Å². The molecule has 0 aliphatic heterocycles. The summed E-state index contributed by atoms with van der Waals surface area (Å²) < 4.78 is 0. The molecule has 0 fully saturated rings. The van der Waals surface area contributed by atoms with E-state index < -0.39 is 0 Å². The fourth-order valence-corrected chi connectivity index (χ4v) is 6.55. The second kappa shape index (κ2) is 9.10. The lowest BCUT2D eigenvalue weighted by Crippen LogP contribution is -2.08. The highest BCUT2D eigenvalue weighted by atomic mass is 15.1. The molecule has 40 heavy (non-hydrogen) atoms. The van der Waals surface area contributed by atoms with E-state index >= 15 is 0 Å². The number of fused-ring (bicyclic) bond motifs is 6. The fourth-order valence-electron chi connectivity index (χ4n) is 6.55. The van der Waals surface area contributed by atoms with Gasteiger partial charge in [-0.15, -0.1) is 0 Å². The maximum absolute atomic E-state index is 2.37. The Bertz CT molecular complexity index is 1750. The zero-order chi connectivity index (χ0) is 26.6. The van der Waals surface area contributed by atoms with E-state index in [0.29, 0.717) is 0 Å². The first-order valence-corrected chi connectivity index (χ1v) is 14.1. The highest BCUT2D eigenvalue weighted by Crippen LogP contribution is 2.40. The van der Waals surface area contributed by atoms with Gasteiger partial charge in [-0.1, -0.05) is 109 Å². The Morgan fingerprint density at radius 3 is 1.20 bits per heavy atom. The molecule has 0 heterocycles. The average Bonchev–Trinajstić information content (AvgIpc) is 3.58. The van der Waals surface area contributed by atoms with Crippen LogP contribution >= 0.6 is 0 Å². The molecule has 0 saturated carbocycles. The van der Waals surface area contributed by atoms with E-state index in [9.17, 15) is 0 Å². The molecule has 0 atom stereocenters. The van der Waals surface area contributed by atoms with Crippen molar-refractivity contribution in [3.8, 4) is 44.5 Å². The summed E-state index contributed by atoms with van der Waals surface area (Å²) in [4.78, 5) is 2.26. The number of anilines is 2. The Morgan fingerprint density at radius 2 is 0.750 bits per heavy atom. The molecule has 6 aromatic carbocycles. The molecule has 6 aromatic rings. The van der Waals surface area contributed by atoms with E-state index in [2.05, 4.69) is 145 Å². The molecule has 1 nitrogen and oxygen atoms in total. The molecule has 0 aromatic heterocycles. The first kappa shape index (κ1) is 23.0. The van der Waals surface area contributed by atoms with Gasteiger partial charge in [0.15, 0.2) is 0 Å². The summed E-state index contributed by atoms with van der Waals surface area (Å²) in [5.41, 5.74) is 18.7. The van der Waals surface area contributed by atoms with Crippen LogP contribution in [-0.4, -0.2) is 7.05 Å². The van der Waals surface area contributed by atoms with Gasteiger partial charge in [0.1, 0.15) is 0 Å². The molecule has 0 unspecified atom stereocenters. The molecule has 0 spiro atoms. The number of hydrogen-bond donors (Lipinski definition) is 0. The molecule has 8 rings (SSSR count). The zero-order valence-electron chi connectivity index (χ0n) is 22.6. The van der Waals surface area contributed by atoms with Crippen LogP contribution in [0.5, 0.6) is 0 Å². The fraction of sp³-hybridized carbons (Fsp3) is 0.0769. The molecule has 0 N–H and O–H groups in total. The molecule has 0 saturated heterocycles. The second-order valence-corrected chi connectivity index (χ2v) is 11.1. The molecule has 0 radical (unpaired) electrons. The van der Waals surface area contributed by atoms with Gasteiger partial charge in [0.2, 0.25) is 0 Å². The highest BCUT2D eigenvalue weighted by Gasteiger charge is 2.19. The quantitative estimate of drug-likeness (QED) is 0.227. The second-order valence-electron chi connectivity index (χ2n) is 11.1. The minimum Gasteiger partial charge on any atom is -0.345 e. The summed E-state index contributed by atoms with van der Waals surface area (Å²) in [5.74, 6) is 0. The van der Waals surface area contributed by atoms with E-state index in [1.54, 1.807) is 0 Å². The standard InChI is InChI=1S/C39H29N/c1-40(34-16-10-26(11-17-34)28-14-20-38-32(22-28)24-30-6-2-4-8-36(30)38)35-18-12-27(13-19-35)29-15-21-39-33(23-29)25-31-7-3-5-9-37(31)39/h2-23H,24-25H2,1H3. The summed E-state index contributed by atoms with van der Waals surface area (Å²) >= 11 is 0. The summed E-state index contributed by atoms with van der Waals surface area (Å²) in [6, 6.07) is 49.2. The maximum Gasteiger partial charge on any atom is 0.0408 e. The summed E-state index contributed by atoms with van der Waals surface area (Å²) in [6.07, 6.45) is 2.05. The smallest absolute Gasteiger partial charge is 0.0408 e. The van der Waals surface area contributed by atoms with Gasteiger partial charge in [0, 0.05) is 18.4 Å². The Hall–Kier alpha value is -4.88. The summed E-state index contributed by atoms with van der Waals surface area (Å²) in [6.45, 7) is 0. The molecule has 2 aliphatic rings. The van der Waals surface area contributed by atoms with Gasteiger partial charge in [-0.05, 0) is 104 Å². The molecule has 0 amide bonds. The SMILES string of the molecule is CN(c1ccc(-c2ccc3c(c2)Cc2ccccc2-3)cc1)c1ccc(-c2ccc3c(c2)Cc2ccccc2-3)cc1.